The van der Waals surface area contributed by atoms with E-state index in [0.717, 1.165) is 19.6 Å². The number of nitrogens with one attached hydrogen (secondary N) is 1. The van der Waals surface area contributed by atoms with E-state index in [9.17, 15) is 0 Å². The van der Waals surface area contributed by atoms with Crippen molar-refractivity contribution in [3.63, 3.8) is 0 Å². The summed E-state index contributed by atoms with van der Waals surface area (Å²) < 4.78 is 1.27. The van der Waals surface area contributed by atoms with Gasteiger partial charge in [0, 0.05) is 26.2 Å². The van der Waals surface area contributed by atoms with E-state index in [1.165, 1.54) is 76.0 Å². The molecular weight excluding hydrogens is 272 g/mol. The van der Waals surface area contributed by atoms with Crippen LogP contribution in [0.2, 0.25) is 0 Å². The van der Waals surface area contributed by atoms with Gasteiger partial charge in [-0.2, -0.15) is 0 Å². The van der Waals surface area contributed by atoms with Gasteiger partial charge in [-0.1, -0.05) is 27.7 Å². The largest absolute Gasteiger partial charge is 0.329 e. The van der Waals surface area contributed by atoms with Crippen molar-refractivity contribution in [3.8, 4) is 0 Å². The summed E-state index contributed by atoms with van der Waals surface area (Å²) in [6.07, 6.45) is 5.08. The van der Waals surface area contributed by atoms with Gasteiger partial charge >= 0.3 is 0 Å². The quantitative estimate of drug-likeness (QED) is 0.339. The van der Waals surface area contributed by atoms with Crippen LogP contribution in [0.5, 0.6) is 0 Å². The predicted octanol–water partition coefficient (Wildman–Crippen LogP) is 2.29. The van der Waals surface area contributed by atoms with Crippen LogP contribution in [0.4, 0.5) is 0 Å². The maximum atomic E-state index is 5.59. The monoisotopic (exact) mass is 315 g/mol. The molecule has 4 heteroatoms. The van der Waals surface area contributed by atoms with Crippen LogP contribution in [0, 0.1) is 0 Å². The summed E-state index contributed by atoms with van der Waals surface area (Å²) in [6, 6.07) is 0. The molecule has 0 saturated carbocycles. The van der Waals surface area contributed by atoms with Crippen molar-refractivity contribution in [2.75, 3.05) is 65.4 Å². The van der Waals surface area contributed by atoms with Crippen molar-refractivity contribution in [2.45, 2.75) is 53.4 Å². The SMILES string of the molecule is CCCN(CCC)CC[N+](CCC)(CCC)CCNCCN. The minimum absolute atomic E-state index is 0.738. The average Bonchev–Trinajstić information content (AvgIpc) is 2.50. The van der Waals surface area contributed by atoms with Crippen molar-refractivity contribution >= 4 is 0 Å². The van der Waals surface area contributed by atoms with Crippen molar-refractivity contribution in [1.82, 2.24) is 10.2 Å². The summed E-state index contributed by atoms with van der Waals surface area (Å²) >= 11 is 0. The number of hydrogen-bond acceptors (Lipinski definition) is 3. The van der Waals surface area contributed by atoms with E-state index >= 15 is 0 Å². The molecule has 0 aliphatic rings. The first kappa shape index (κ1) is 21.8. The Labute approximate surface area is 140 Å². The van der Waals surface area contributed by atoms with Gasteiger partial charge < -0.3 is 15.5 Å². The number of nitrogens with two attached hydrogens (primary N) is 1. The highest BCUT2D eigenvalue weighted by Gasteiger charge is 2.25. The molecule has 0 aromatic heterocycles. The molecular formula is C18H43N4+. The Morgan fingerprint density at radius 3 is 1.77 bits per heavy atom. The fourth-order valence-corrected chi connectivity index (χ4v) is 3.48. The highest BCUT2D eigenvalue weighted by atomic mass is 15.4. The first-order valence-electron chi connectivity index (χ1n) is 9.66. The minimum Gasteiger partial charge on any atom is -0.329 e. The molecule has 134 valence electrons. The van der Waals surface area contributed by atoms with E-state index in [1.807, 2.05) is 0 Å². The molecule has 0 heterocycles. The Kier molecular flexibility index (Phi) is 14.3. The third kappa shape index (κ3) is 9.78. The Morgan fingerprint density at radius 2 is 1.32 bits per heavy atom. The minimum atomic E-state index is 0.738. The van der Waals surface area contributed by atoms with E-state index in [0.29, 0.717) is 0 Å². The van der Waals surface area contributed by atoms with Gasteiger partial charge in [-0.15, -0.1) is 0 Å². The molecule has 0 amide bonds. The summed E-state index contributed by atoms with van der Waals surface area (Å²) in [7, 11) is 0. The highest BCUT2D eigenvalue weighted by molar-refractivity contribution is 4.58. The first-order valence-corrected chi connectivity index (χ1v) is 9.66. The molecule has 22 heavy (non-hydrogen) atoms. The Bertz CT molecular complexity index is 221. The van der Waals surface area contributed by atoms with Gasteiger partial charge in [0.25, 0.3) is 0 Å². The lowest BCUT2D eigenvalue weighted by Gasteiger charge is -2.40. The van der Waals surface area contributed by atoms with Gasteiger partial charge in [0.05, 0.1) is 26.2 Å². The fraction of sp³-hybridized carbons (Fsp3) is 1.00. The molecule has 4 nitrogen and oxygen atoms in total. The molecule has 0 fully saturated rings. The number of rotatable bonds is 16. The van der Waals surface area contributed by atoms with Crippen molar-refractivity contribution in [2.24, 2.45) is 5.73 Å². The summed E-state index contributed by atoms with van der Waals surface area (Å²) in [5.41, 5.74) is 5.59. The van der Waals surface area contributed by atoms with Crippen LogP contribution < -0.4 is 11.1 Å². The summed E-state index contributed by atoms with van der Waals surface area (Å²) in [6.45, 7) is 20.9. The molecule has 0 aliphatic heterocycles. The van der Waals surface area contributed by atoms with E-state index < -0.39 is 0 Å². The summed E-state index contributed by atoms with van der Waals surface area (Å²) in [5, 5.41) is 3.49. The lowest BCUT2D eigenvalue weighted by Crippen LogP contribution is -2.55. The average molecular weight is 316 g/mol. The smallest absolute Gasteiger partial charge is 0.0916 e. The maximum Gasteiger partial charge on any atom is 0.0916 e. The molecule has 0 aromatic carbocycles. The van der Waals surface area contributed by atoms with Crippen LogP contribution in [0.25, 0.3) is 0 Å². The fourth-order valence-electron chi connectivity index (χ4n) is 3.48. The topological polar surface area (TPSA) is 41.3 Å². The van der Waals surface area contributed by atoms with Gasteiger partial charge in [0.1, 0.15) is 0 Å². The Balaban J connectivity index is 4.57. The first-order chi connectivity index (χ1) is 10.7. The van der Waals surface area contributed by atoms with Crippen LogP contribution in [0.1, 0.15) is 53.4 Å². The second-order valence-electron chi connectivity index (χ2n) is 6.62. The predicted molar refractivity (Wildman–Crippen MR) is 99.3 cm³/mol. The second kappa shape index (κ2) is 14.4. The van der Waals surface area contributed by atoms with Crippen molar-refractivity contribution < 1.29 is 4.48 Å². The molecule has 0 aliphatic carbocycles. The van der Waals surface area contributed by atoms with Gasteiger partial charge in [0.15, 0.2) is 0 Å². The second-order valence-corrected chi connectivity index (χ2v) is 6.62. The van der Waals surface area contributed by atoms with E-state index in [-0.39, 0.29) is 0 Å². The molecule has 0 saturated heterocycles. The maximum absolute atomic E-state index is 5.59. The third-order valence-corrected chi connectivity index (χ3v) is 4.45. The molecule has 0 atom stereocenters. The normalized spacial score (nSPS) is 12.3. The summed E-state index contributed by atoms with van der Waals surface area (Å²) in [5.74, 6) is 0. The number of hydrogen-bond donors (Lipinski definition) is 2. The lowest BCUT2D eigenvalue weighted by molar-refractivity contribution is -0.926. The highest BCUT2D eigenvalue weighted by Crippen LogP contribution is 2.11. The van der Waals surface area contributed by atoms with Crippen molar-refractivity contribution in [1.29, 1.82) is 0 Å². The molecule has 0 aromatic rings. The van der Waals surface area contributed by atoms with E-state index in [4.69, 9.17) is 5.73 Å². The zero-order chi connectivity index (χ0) is 16.7. The standard InChI is InChI=1S/C18H43N4/c1-5-12-21(13-6-2)14-18-22(15-7-3,16-8-4)17-11-20-10-9-19/h20H,5-19H2,1-4H3/q+1. The molecule has 3 N–H and O–H groups in total. The summed E-state index contributed by atoms with van der Waals surface area (Å²) in [4.78, 5) is 2.66. The molecule has 0 spiro atoms. The molecule has 0 radical (unpaired) electrons. The van der Waals surface area contributed by atoms with Crippen LogP contribution in [0.15, 0.2) is 0 Å². The van der Waals surface area contributed by atoms with Gasteiger partial charge in [0.2, 0.25) is 0 Å². The van der Waals surface area contributed by atoms with Gasteiger partial charge in [-0.05, 0) is 38.8 Å². The van der Waals surface area contributed by atoms with Crippen LogP contribution in [0.3, 0.4) is 0 Å². The Morgan fingerprint density at radius 1 is 0.727 bits per heavy atom. The Hall–Kier alpha value is -0.160. The van der Waals surface area contributed by atoms with Crippen LogP contribution in [-0.4, -0.2) is 74.8 Å². The lowest BCUT2D eigenvalue weighted by atomic mass is 10.2. The van der Waals surface area contributed by atoms with Gasteiger partial charge in [-0.3, -0.25) is 4.90 Å². The van der Waals surface area contributed by atoms with Gasteiger partial charge in [-0.25, -0.2) is 0 Å². The molecule has 0 rings (SSSR count). The van der Waals surface area contributed by atoms with E-state index in [1.54, 1.807) is 0 Å². The molecule has 0 unspecified atom stereocenters. The number of nitrogens with zero attached hydrogens (tertiary/aromatic N) is 2. The van der Waals surface area contributed by atoms with Crippen LogP contribution >= 0.6 is 0 Å². The van der Waals surface area contributed by atoms with Crippen molar-refractivity contribution in [3.05, 3.63) is 0 Å². The zero-order valence-electron chi connectivity index (χ0n) is 15.9. The van der Waals surface area contributed by atoms with E-state index in [2.05, 4.69) is 37.9 Å². The third-order valence-electron chi connectivity index (χ3n) is 4.45. The van der Waals surface area contributed by atoms with Crippen LogP contribution in [-0.2, 0) is 0 Å². The zero-order valence-corrected chi connectivity index (χ0v) is 15.9. The molecule has 0 bridgehead atoms. The number of quaternary nitrogens is 1.